The van der Waals surface area contributed by atoms with E-state index in [1.807, 2.05) is 0 Å². The Morgan fingerprint density at radius 2 is 2.00 bits per heavy atom. The summed E-state index contributed by atoms with van der Waals surface area (Å²) < 4.78 is 0. The van der Waals surface area contributed by atoms with Crippen molar-refractivity contribution in [1.29, 1.82) is 0 Å². The zero-order chi connectivity index (χ0) is 9.56. The van der Waals surface area contributed by atoms with Crippen LogP contribution in [0.25, 0.3) is 0 Å². The van der Waals surface area contributed by atoms with Crippen LogP contribution in [0.15, 0.2) is 24.3 Å². The molecule has 0 aliphatic rings. The molecule has 0 aliphatic heterocycles. The molecular weight excluding hydrogens is 143 g/mol. The first-order valence-corrected chi connectivity index (χ1v) is 4.97. The number of rotatable bonds is 5. The van der Waals surface area contributed by atoms with E-state index in [0.717, 1.165) is 6.42 Å². The molecule has 2 unspecified atom stereocenters. The lowest BCUT2D eigenvalue weighted by Crippen LogP contribution is -1.94. The molecule has 0 N–H and O–H groups in total. The molecular formula is C11H21B. The second-order valence-corrected chi connectivity index (χ2v) is 3.57. The highest BCUT2D eigenvalue weighted by atomic mass is 14.0. The molecule has 0 rings (SSSR count). The van der Waals surface area contributed by atoms with E-state index in [-0.39, 0.29) is 0 Å². The van der Waals surface area contributed by atoms with E-state index in [9.17, 15) is 0 Å². The maximum absolute atomic E-state index is 4.03. The highest BCUT2D eigenvalue weighted by molar-refractivity contribution is 6.08. The van der Waals surface area contributed by atoms with E-state index in [0.29, 0.717) is 11.8 Å². The molecule has 2 atom stereocenters. The normalized spacial score (nSPS) is 16.2. The average molecular weight is 164 g/mol. The van der Waals surface area contributed by atoms with Gasteiger partial charge in [0.15, 0.2) is 0 Å². The van der Waals surface area contributed by atoms with Gasteiger partial charge in [0.2, 0.25) is 0 Å². The van der Waals surface area contributed by atoms with Crippen LogP contribution < -0.4 is 0 Å². The van der Waals surface area contributed by atoms with Gasteiger partial charge in [-0.15, -0.1) is 0 Å². The third kappa shape index (κ3) is 4.43. The van der Waals surface area contributed by atoms with E-state index >= 15 is 0 Å². The third-order valence-corrected chi connectivity index (χ3v) is 2.47. The van der Waals surface area contributed by atoms with Gasteiger partial charge in [0, 0.05) is 0 Å². The molecule has 0 radical (unpaired) electrons. The van der Waals surface area contributed by atoms with Crippen molar-refractivity contribution in [2.45, 2.75) is 33.5 Å². The molecule has 0 saturated heterocycles. The predicted molar refractivity (Wildman–Crippen MR) is 60.3 cm³/mol. The Morgan fingerprint density at radius 1 is 1.42 bits per heavy atom. The van der Waals surface area contributed by atoms with Gasteiger partial charge < -0.3 is 0 Å². The summed E-state index contributed by atoms with van der Waals surface area (Å²) in [5.74, 6) is 1.25. The molecule has 0 aromatic carbocycles. The van der Waals surface area contributed by atoms with Gasteiger partial charge in [-0.05, 0) is 18.3 Å². The van der Waals surface area contributed by atoms with Crippen molar-refractivity contribution in [2.24, 2.45) is 11.8 Å². The highest BCUT2D eigenvalue weighted by Crippen LogP contribution is 2.14. The minimum Gasteiger partial charge on any atom is -0.0993 e. The van der Waals surface area contributed by atoms with E-state index in [1.165, 1.54) is 11.9 Å². The molecule has 0 heterocycles. The van der Waals surface area contributed by atoms with Crippen molar-refractivity contribution in [3.8, 4) is 0 Å². The van der Waals surface area contributed by atoms with Crippen molar-refractivity contribution in [1.82, 2.24) is 0 Å². The standard InChI is InChI=1S/C11H21B/c1-5-10(3)11(4)7-6-9(2)8-12/h6-7,9,11H,3,5,8,12H2,1-2,4H3/b7-6-. The Hall–Kier alpha value is -0.455. The maximum atomic E-state index is 4.03. The van der Waals surface area contributed by atoms with Crippen LogP contribution in [0.4, 0.5) is 0 Å². The molecule has 0 saturated carbocycles. The zero-order valence-electron chi connectivity index (χ0n) is 8.93. The molecule has 0 aliphatic carbocycles. The SMILES string of the molecule is BCC(C)/C=C\C(C)C(=C)CC. The Labute approximate surface area is 78.2 Å². The van der Waals surface area contributed by atoms with Gasteiger partial charge >= 0.3 is 0 Å². The van der Waals surface area contributed by atoms with E-state index < -0.39 is 0 Å². The Balaban J connectivity index is 3.90. The number of allylic oxidation sites excluding steroid dienone is 3. The second-order valence-electron chi connectivity index (χ2n) is 3.57. The van der Waals surface area contributed by atoms with Gasteiger partial charge in [-0.25, -0.2) is 0 Å². The van der Waals surface area contributed by atoms with Gasteiger partial charge in [-0.2, -0.15) is 0 Å². The van der Waals surface area contributed by atoms with Crippen molar-refractivity contribution in [3.63, 3.8) is 0 Å². The lowest BCUT2D eigenvalue weighted by atomic mass is 9.90. The predicted octanol–water partition coefficient (Wildman–Crippen LogP) is 2.83. The molecule has 0 aromatic rings. The molecule has 68 valence electrons. The minimum atomic E-state index is 0.545. The van der Waals surface area contributed by atoms with Crippen LogP contribution in [0, 0.1) is 11.8 Å². The maximum Gasteiger partial charge on any atom is 0.102 e. The Kier molecular flexibility index (Phi) is 5.87. The fraction of sp³-hybridized carbons (Fsp3) is 0.636. The van der Waals surface area contributed by atoms with Crippen LogP contribution in [-0.2, 0) is 0 Å². The van der Waals surface area contributed by atoms with Gasteiger partial charge in [0.05, 0.1) is 0 Å². The van der Waals surface area contributed by atoms with Crippen LogP contribution in [-0.4, -0.2) is 7.85 Å². The zero-order valence-corrected chi connectivity index (χ0v) is 8.93. The lowest BCUT2D eigenvalue weighted by molar-refractivity contribution is 0.775. The summed E-state index contributed by atoms with van der Waals surface area (Å²) in [5.41, 5.74) is 1.33. The first-order valence-electron chi connectivity index (χ1n) is 4.97. The fourth-order valence-corrected chi connectivity index (χ4v) is 0.950. The van der Waals surface area contributed by atoms with Crippen LogP contribution in [0.2, 0.25) is 6.32 Å². The molecule has 1 heteroatoms. The molecule has 0 fully saturated rings. The van der Waals surface area contributed by atoms with Crippen LogP contribution >= 0.6 is 0 Å². The molecule has 0 aromatic heterocycles. The summed E-state index contributed by atoms with van der Waals surface area (Å²) in [5, 5.41) is 0. The van der Waals surface area contributed by atoms with Gasteiger partial charge in [0.1, 0.15) is 7.85 Å². The van der Waals surface area contributed by atoms with Crippen molar-refractivity contribution in [2.75, 3.05) is 0 Å². The molecule has 0 amide bonds. The first-order chi connectivity index (χ1) is 5.61. The van der Waals surface area contributed by atoms with Gasteiger partial charge in [-0.1, -0.05) is 51.4 Å². The Morgan fingerprint density at radius 3 is 2.42 bits per heavy atom. The highest BCUT2D eigenvalue weighted by Gasteiger charge is 2.00. The molecule has 0 spiro atoms. The first kappa shape index (κ1) is 11.5. The van der Waals surface area contributed by atoms with E-state index in [4.69, 9.17) is 0 Å². The summed E-state index contributed by atoms with van der Waals surface area (Å²) >= 11 is 0. The van der Waals surface area contributed by atoms with Gasteiger partial charge in [0.25, 0.3) is 0 Å². The van der Waals surface area contributed by atoms with Crippen molar-refractivity contribution in [3.05, 3.63) is 24.3 Å². The lowest BCUT2D eigenvalue weighted by Gasteiger charge is -2.08. The van der Waals surface area contributed by atoms with Gasteiger partial charge in [-0.3, -0.25) is 0 Å². The van der Waals surface area contributed by atoms with E-state index in [1.54, 1.807) is 0 Å². The summed E-state index contributed by atoms with van der Waals surface area (Å²) in [7, 11) is 2.22. The minimum absolute atomic E-state index is 0.545. The summed E-state index contributed by atoms with van der Waals surface area (Å²) in [6, 6.07) is 0. The van der Waals surface area contributed by atoms with Crippen LogP contribution in [0.3, 0.4) is 0 Å². The monoisotopic (exact) mass is 164 g/mol. The fourth-order valence-electron chi connectivity index (χ4n) is 0.950. The Bertz CT molecular complexity index is 158. The average Bonchev–Trinajstić information content (AvgIpc) is 2.11. The number of hydrogen-bond acceptors (Lipinski definition) is 0. The van der Waals surface area contributed by atoms with Crippen LogP contribution in [0.5, 0.6) is 0 Å². The quantitative estimate of drug-likeness (QED) is 0.433. The smallest absolute Gasteiger partial charge is 0.0993 e. The molecule has 0 bridgehead atoms. The summed E-state index contributed by atoms with van der Waals surface area (Å²) in [4.78, 5) is 0. The third-order valence-electron chi connectivity index (χ3n) is 2.47. The second kappa shape index (κ2) is 6.10. The number of hydrogen-bond donors (Lipinski definition) is 0. The van der Waals surface area contributed by atoms with Crippen LogP contribution in [0.1, 0.15) is 27.2 Å². The largest absolute Gasteiger partial charge is 0.102 e. The summed E-state index contributed by atoms with van der Waals surface area (Å²) in [6.07, 6.45) is 6.89. The summed E-state index contributed by atoms with van der Waals surface area (Å²) in [6.45, 7) is 10.6. The van der Waals surface area contributed by atoms with Crippen molar-refractivity contribution < 1.29 is 0 Å². The molecule has 0 nitrogen and oxygen atoms in total. The molecule has 12 heavy (non-hydrogen) atoms. The topological polar surface area (TPSA) is 0 Å². The van der Waals surface area contributed by atoms with Crippen molar-refractivity contribution >= 4 is 7.85 Å². The van der Waals surface area contributed by atoms with E-state index in [2.05, 4.69) is 47.3 Å².